The zero-order valence-corrected chi connectivity index (χ0v) is 32.7. The molecule has 0 amide bonds. The molecule has 0 fully saturated rings. The van der Waals surface area contributed by atoms with Crippen LogP contribution in [0.1, 0.15) is 226 Å². The fourth-order valence-electron chi connectivity index (χ4n) is 6.02. The number of carbonyl (C=O) groups is 3. The van der Waals surface area contributed by atoms with Gasteiger partial charge in [-0.25, -0.2) is 0 Å². The second kappa shape index (κ2) is 38.9. The van der Waals surface area contributed by atoms with E-state index in [4.69, 9.17) is 14.2 Å². The Hall–Kier alpha value is -1.85. The second-order valence-corrected chi connectivity index (χ2v) is 14.3. The van der Waals surface area contributed by atoms with Crippen LogP contribution in [0.2, 0.25) is 0 Å². The van der Waals surface area contributed by atoms with Gasteiger partial charge in [-0.1, -0.05) is 174 Å². The average Bonchev–Trinajstić information content (AvgIpc) is 3.10. The molecule has 0 radical (unpaired) electrons. The third-order valence-electron chi connectivity index (χ3n) is 9.27. The fraction of sp³-hybridized carbons (Fsp3) is 0.884. The van der Waals surface area contributed by atoms with E-state index in [-0.39, 0.29) is 31.1 Å². The van der Waals surface area contributed by atoms with Crippen molar-refractivity contribution >= 4 is 17.9 Å². The molecule has 0 aliphatic carbocycles. The smallest absolute Gasteiger partial charge is 0.306 e. The molecule has 49 heavy (non-hydrogen) atoms. The third kappa shape index (κ3) is 37.2. The van der Waals surface area contributed by atoms with E-state index in [1.807, 2.05) is 0 Å². The van der Waals surface area contributed by atoms with Crippen molar-refractivity contribution in [3.05, 3.63) is 12.2 Å². The molecule has 6 heteroatoms. The van der Waals surface area contributed by atoms with Crippen molar-refractivity contribution in [2.24, 2.45) is 0 Å². The van der Waals surface area contributed by atoms with Crippen LogP contribution < -0.4 is 0 Å². The van der Waals surface area contributed by atoms with Crippen molar-refractivity contribution in [1.29, 1.82) is 0 Å². The summed E-state index contributed by atoms with van der Waals surface area (Å²) in [5.74, 6) is -0.887. The lowest BCUT2D eigenvalue weighted by atomic mass is 10.1. The van der Waals surface area contributed by atoms with Crippen molar-refractivity contribution in [2.75, 3.05) is 13.2 Å². The monoisotopic (exact) mass is 693 g/mol. The molecule has 0 N–H and O–H groups in total. The summed E-state index contributed by atoms with van der Waals surface area (Å²) >= 11 is 0. The van der Waals surface area contributed by atoms with Crippen LogP contribution in [0.15, 0.2) is 12.2 Å². The van der Waals surface area contributed by atoms with Crippen LogP contribution in [0.4, 0.5) is 0 Å². The SMILES string of the molecule is CCCCCCCC/C=C\CCCCCCCC(=O)OCC(COC(=O)CCCCCCCC)OC(=O)CCCCCCCCCCCC. The first-order valence-corrected chi connectivity index (χ1v) is 21.2. The summed E-state index contributed by atoms with van der Waals surface area (Å²) in [6, 6.07) is 0. The van der Waals surface area contributed by atoms with Crippen molar-refractivity contribution in [3.8, 4) is 0 Å². The minimum Gasteiger partial charge on any atom is -0.462 e. The van der Waals surface area contributed by atoms with Gasteiger partial charge >= 0.3 is 17.9 Å². The van der Waals surface area contributed by atoms with Crippen LogP contribution in [-0.4, -0.2) is 37.2 Å². The highest BCUT2D eigenvalue weighted by atomic mass is 16.6. The zero-order chi connectivity index (χ0) is 35.9. The summed E-state index contributed by atoms with van der Waals surface area (Å²) in [4.78, 5) is 37.4. The van der Waals surface area contributed by atoms with E-state index < -0.39 is 6.10 Å². The van der Waals surface area contributed by atoms with E-state index in [0.29, 0.717) is 19.3 Å². The normalized spacial score (nSPS) is 12.0. The highest BCUT2D eigenvalue weighted by Crippen LogP contribution is 2.14. The van der Waals surface area contributed by atoms with Gasteiger partial charge in [0.05, 0.1) is 0 Å². The Balaban J connectivity index is 4.26. The molecule has 0 aliphatic rings. The third-order valence-corrected chi connectivity index (χ3v) is 9.27. The number of unbranched alkanes of at least 4 members (excludes halogenated alkanes) is 25. The maximum atomic E-state index is 12.6. The van der Waals surface area contributed by atoms with Gasteiger partial charge in [-0.15, -0.1) is 0 Å². The van der Waals surface area contributed by atoms with Crippen molar-refractivity contribution in [2.45, 2.75) is 232 Å². The highest BCUT2D eigenvalue weighted by molar-refractivity contribution is 5.71. The molecule has 0 aromatic rings. The van der Waals surface area contributed by atoms with Gasteiger partial charge in [0.25, 0.3) is 0 Å². The van der Waals surface area contributed by atoms with Gasteiger partial charge in [0.2, 0.25) is 0 Å². The molecular weight excluding hydrogens is 612 g/mol. The molecule has 288 valence electrons. The molecule has 1 unspecified atom stereocenters. The van der Waals surface area contributed by atoms with Gasteiger partial charge < -0.3 is 14.2 Å². The minimum atomic E-state index is -0.762. The molecule has 0 rings (SSSR count). The Bertz CT molecular complexity index is 763. The average molecular weight is 693 g/mol. The van der Waals surface area contributed by atoms with Gasteiger partial charge in [-0.05, 0) is 44.9 Å². The van der Waals surface area contributed by atoms with Gasteiger partial charge in [-0.3, -0.25) is 14.4 Å². The number of hydrogen-bond donors (Lipinski definition) is 0. The van der Waals surface area contributed by atoms with Gasteiger partial charge in [0.1, 0.15) is 13.2 Å². The first kappa shape index (κ1) is 47.1. The van der Waals surface area contributed by atoms with Crippen LogP contribution in [0.5, 0.6) is 0 Å². The predicted octanol–water partition coefficient (Wildman–Crippen LogP) is 13.1. The number of carbonyl (C=O) groups excluding carboxylic acids is 3. The molecule has 0 aromatic heterocycles. The largest absolute Gasteiger partial charge is 0.462 e. The first-order chi connectivity index (χ1) is 24.0. The predicted molar refractivity (Wildman–Crippen MR) is 206 cm³/mol. The maximum Gasteiger partial charge on any atom is 0.306 e. The summed E-state index contributed by atoms with van der Waals surface area (Å²) in [5.41, 5.74) is 0. The Morgan fingerprint density at radius 1 is 0.388 bits per heavy atom. The lowest BCUT2D eigenvalue weighted by Crippen LogP contribution is -2.30. The first-order valence-electron chi connectivity index (χ1n) is 21.2. The Morgan fingerprint density at radius 3 is 1.02 bits per heavy atom. The number of hydrogen-bond acceptors (Lipinski definition) is 6. The highest BCUT2D eigenvalue weighted by Gasteiger charge is 2.19. The number of allylic oxidation sites excluding steroid dienone is 2. The molecule has 0 saturated heterocycles. The molecule has 1 atom stereocenters. The summed E-state index contributed by atoms with van der Waals surface area (Å²) in [6.45, 7) is 6.55. The topological polar surface area (TPSA) is 78.9 Å². The second-order valence-electron chi connectivity index (χ2n) is 14.3. The quantitative estimate of drug-likeness (QED) is 0.0277. The Morgan fingerprint density at radius 2 is 0.673 bits per heavy atom. The summed E-state index contributed by atoms with van der Waals surface area (Å²) < 4.78 is 16.6. The molecule has 0 bridgehead atoms. The maximum absolute atomic E-state index is 12.6. The van der Waals surface area contributed by atoms with Crippen LogP contribution in [-0.2, 0) is 28.6 Å². The number of ether oxygens (including phenoxy) is 3. The minimum absolute atomic E-state index is 0.0703. The van der Waals surface area contributed by atoms with Crippen molar-refractivity contribution in [1.82, 2.24) is 0 Å². The van der Waals surface area contributed by atoms with E-state index in [0.717, 1.165) is 64.2 Å². The number of esters is 3. The zero-order valence-electron chi connectivity index (χ0n) is 32.7. The van der Waals surface area contributed by atoms with Gasteiger partial charge in [-0.2, -0.15) is 0 Å². The summed E-state index contributed by atoms with van der Waals surface area (Å²) in [7, 11) is 0. The summed E-state index contributed by atoms with van der Waals surface area (Å²) in [6.07, 6.45) is 39.2. The molecule has 0 spiro atoms. The standard InChI is InChI=1S/C43H80O6/c1-4-7-10-13-16-18-20-21-22-23-24-26-27-30-33-36-42(45)48-39-40(38-47-41(44)35-32-29-15-12-9-6-3)49-43(46)37-34-31-28-25-19-17-14-11-8-5-2/h21-22,40H,4-20,23-39H2,1-3H3/b22-21-. The van der Waals surface area contributed by atoms with E-state index >= 15 is 0 Å². The number of rotatable bonds is 38. The Kier molecular flexibility index (Phi) is 37.5. The molecular formula is C43H80O6. The van der Waals surface area contributed by atoms with Crippen molar-refractivity contribution in [3.63, 3.8) is 0 Å². The van der Waals surface area contributed by atoms with E-state index in [9.17, 15) is 14.4 Å². The van der Waals surface area contributed by atoms with E-state index in [1.54, 1.807) is 0 Å². The summed E-state index contributed by atoms with van der Waals surface area (Å²) in [5, 5.41) is 0. The molecule has 0 aliphatic heterocycles. The van der Waals surface area contributed by atoms with E-state index in [1.165, 1.54) is 122 Å². The van der Waals surface area contributed by atoms with Crippen LogP contribution in [0.25, 0.3) is 0 Å². The Labute approximate surface area is 303 Å². The van der Waals surface area contributed by atoms with Crippen LogP contribution >= 0.6 is 0 Å². The van der Waals surface area contributed by atoms with Crippen molar-refractivity contribution < 1.29 is 28.6 Å². The lowest BCUT2D eigenvalue weighted by molar-refractivity contribution is -0.167. The fourth-order valence-corrected chi connectivity index (χ4v) is 6.02. The molecule has 0 heterocycles. The van der Waals surface area contributed by atoms with Crippen LogP contribution in [0, 0.1) is 0 Å². The molecule has 0 saturated carbocycles. The molecule has 0 aromatic carbocycles. The van der Waals surface area contributed by atoms with E-state index in [2.05, 4.69) is 32.9 Å². The van der Waals surface area contributed by atoms with Gasteiger partial charge in [0, 0.05) is 19.3 Å². The molecule has 6 nitrogen and oxygen atoms in total. The lowest BCUT2D eigenvalue weighted by Gasteiger charge is -2.18. The van der Waals surface area contributed by atoms with Gasteiger partial charge in [0.15, 0.2) is 6.10 Å². The van der Waals surface area contributed by atoms with Crippen LogP contribution in [0.3, 0.4) is 0 Å².